The molecule has 0 saturated carbocycles. The molecule has 9 nitrogen and oxygen atoms in total. The number of carbonyl (C=O) groups is 1. The predicted octanol–water partition coefficient (Wildman–Crippen LogP) is 3.54. The van der Waals surface area contributed by atoms with Crippen LogP contribution in [0.25, 0.3) is 28.3 Å². The number of hydrogen-bond donors (Lipinski definition) is 1. The van der Waals surface area contributed by atoms with Crippen LogP contribution in [0.3, 0.4) is 0 Å². The van der Waals surface area contributed by atoms with Gasteiger partial charge >= 0.3 is 0 Å². The molecule has 1 N–H and O–H groups in total. The summed E-state index contributed by atoms with van der Waals surface area (Å²) in [7, 11) is 3.83. The van der Waals surface area contributed by atoms with Crippen LogP contribution in [0.5, 0.6) is 0 Å². The van der Waals surface area contributed by atoms with Crippen LogP contribution in [-0.2, 0) is 18.9 Å². The van der Waals surface area contributed by atoms with E-state index >= 15 is 0 Å². The highest BCUT2D eigenvalue weighted by Gasteiger charge is 2.18. The molecule has 0 aliphatic heterocycles. The fourth-order valence-corrected chi connectivity index (χ4v) is 3.29. The maximum absolute atomic E-state index is 13.3. The number of anilines is 1. The van der Waals surface area contributed by atoms with E-state index in [0.29, 0.717) is 23.6 Å². The highest BCUT2D eigenvalue weighted by molar-refractivity contribution is 5.77. The number of nitrogens with zero attached hydrogens (tertiary/aromatic N) is 7. The number of amides is 1. The molecule has 4 heterocycles. The van der Waals surface area contributed by atoms with Crippen molar-refractivity contribution in [2.24, 2.45) is 14.1 Å². The first-order valence-corrected chi connectivity index (χ1v) is 10.2. The van der Waals surface area contributed by atoms with Gasteiger partial charge in [0, 0.05) is 31.5 Å². The second kappa shape index (κ2) is 9.03. The van der Waals surface area contributed by atoms with Gasteiger partial charge in [0.25, 0.3) is 0 Å². The van der Waals surface area contributed by atoms with Crippen molar-refractivity contribution in [3.63, 3.8) is 0 Å². The minimum atomic E-state index is -0.295. The topological polar surface area (TPSA) is 94.9 Å². The lowest BCUT2D eigenvalue weighted by atomic mass is 10.1. The van der Waals surface area contributed by atoms with Gasteiger partial charge < -0.3 is 9.88 Å². The molecule has 0 spiro atoms. The molecule has 4 aromatic heterocycles. The van der Waals surface area contributed by atoms with Crippen molar-refractivity contribution >= 4 is 17.9 Å². The first-order chi connectivity index (χ1) is 15.9. The zero-order valence-electron chi connectivity index (χ0n) is 18.7. The average Bonchev–Trinajstić information content (AvgIpc) is 3.46. The number of carbonyl (C=O) groups excluding carboxylic acids is 1. The predicted molar refractivity (Wildman–Crippen MR) is 123 cm³/mol. The van der Waals surface area contributed by atoms with Gasteiger partial charge in [-0.25, -0.2) is 18.9 Å². The largest absolute Gasteiger partial charge is 0.330 e. The first-order valence-electron chi connectivity index (χ1n) is 10.2. The number of aromatic nitrogens is 7. The lowest BCUT2D eigenvalue weighted by molar-refractivity contribution is -0.105. The van der Waals surface area contributed by atoms with Crippen LogP contribution in [0.15, 0.2) is 54.9 Å². The zero-order valence-corrected chi connectivity index (χ0v) is 18.7. The standard InChI is InChI=1S/C18H15FN6O.C5H8N2/c1-11-21-17(12-3-5-13(19)6-4-12)18(24(11)2)14-7-8-16-22-15(20-10-26)9-25(16)23-14;1-5-3-4-6-7(5)2/h3-10H,1-2H3,(H,20,26);3-4H,1-2H3. The Kier molecular flexibility index (Phi) is 5.99. The van der Waals surface area contributed by atoms with Crippen molar-refractivity contribution in [3.8, 4) is 22.6 Å². The number of aryl methyl sites for hydroxylation is 3. The molecule has 10 heteroatoms. The molecule has 1 aromatic carbocycles. The molecule has 5 rings (SSSR count). The molecule has 168 valence electrons. The maximum atomic E-state index is 13.3. The third-order valence-corrected chi connectivity index (χ3v) is 5.27. The summed E-state index contributed by atoms with van der Waals surface area (Å²) in [5, 5.41) is 11.0. The number of imidazole rings is 2. The van der Waals surface area contributed by atoms with Crippen molar-refractivity contribution in [1.29, 1.82) is 0 Å². The number of hydrogen-bond acceptors (Lipinski definition) is 5. The van der Waals surface area contributed by atoms with Gasteiger partial charge in [0.15, 0.2) is 11.5 Å². The number of benzene rings is 1. The summed E-state index contributed by atoms with van der Waals surface area (Å²) in [5.41, 5.74) is 4.84. The fraction of sp³-hybridized carbons (Fsp3) is 0.174. The molecule has 5 aromatic rings. The third-order valence-electron chi connectivity index (χ3n) is 5.27. The van der Waals surface area contributed by atoms with E-state index in [1.54, 1.807) is 29.0 Å². The van der Waals surface area contributed by atoms with E-state index in [4.69, 9.17) is 0 Å². The zero-order chi connectivity index (χ0) is 23.5. The summed E-state index contributed by atoms with van der Waals surface area (Å²) in [5.74, 6) is 0.941. The van der Waals surface area contributed by atoms with E-state index in [-0.39, 0.29) is 5.82 Å². The highest BCUT2D eigenvalue weighted by atomic mass is 19.1. The summed E-state index contributed by atoms with van der Waals surface area (Å²) >= 11 is 0. The molecule has 0 fully saturated rings. The fourth-order valence-electron chi connectivity index (χ4n) is 3.29. The van der Waals surface area contributed by atoms with Gasteiger partial charge in [-0.15, -0.1) is 0 Å². The van der Waals surface area contributed by atoms with Gasteiger partial charge in [-0.2, -0.15) is 10.2 Å². The summed E-state index contributed by atoms with van der Waals surface area (Å²) in [6.45, 7) is 3.92. The molecule has 0 aliphatic rings. The van der Waals surface area contributed by atoms with Crippen LogP contribution in [0.4, 0.5) is 10.2 Å². The van der Waals surface area contributed by atoms with Crippen molar-refractivity contribution in [3.05, 3.63) is 72.2 Å². The molecule has 0 saturated heterocycles. The number of halogens is 1. The van der Waals surface area contributed by atoms with Crippen LogP contribution in [-0.4, -0.2) is 40.3 Å². The van der Waals surface area contributed by atoms with Gasteiger partial charge in [-0.3, -0.25) is 9.48 Å². The monoisotopic (exact) mass is 446 g/mol. The van der Waals surface area contributed by atoms with Crippen molar-refractivity contribution in [2.45, 2.75) is 13.8 Å². The van der Waals surface area contributed by atoms with E-state index in [0.717, 1.165) is 22.8 Å². The molecule has 0 bridgehead atoms. The Morgan fingerprint density at radius 3 is 2.36 bits per heavy atom. The van der Waals surface area contributed by atoms with E-state index in [2.05, 4.69) is 25.5 Å². The van der Waals surface area contributed by atoms with Crippen LogP contribution >= 0.6 is 0 Å². The molecule has 0 radical (unpaired) electrons. The minimum Gasteiger partial charge on any atom is -0.330 e. The Labute approximate surface area is 189 Å². The van der Waals surface area contributed by atoms with Gasteiger partial charge in [0.05, 0.1) is 17.6 Å². The Morgan fingerprint density at radius 2 is 1.76 bits per heavy atom. The molecule has 1 amide bonds. The third kappa shape index (κ3) is 4.49. The quantitative estimate of drug-likeness (QED) is 0.426. The minimum absolute atomic E-state index is 0.295. The van der Waals surface area contributed by atoms with Gasteiger partial charge in [-0.1, -0.05) is 0 Å². The van der Waals surface area contributed by atoms with Gasteiger partial charge in [0.1, 0.15) is 17.3 Å². The molecule has 0 aliphatic carbocycles. The molecule has 0 unspecified atom stereocenters. The maximum Gasteiger partial charge on any atom is 0.212 e. The Hall–Kier alpha value is -4.34. The van der Waals surface area contributed by atoms with Gasteiger partial charge in [0.2, 0.25) is 6.41 Å². The molecule has 0 atom stereocenters. The summed E-state index contributed by atoms with van der Waals surface area (Å²) in [6.07, 6.45) is 3.99. The first kappa shape index (κ1) is 21.9. The Morgan fingerprint density at radius 1 is 1.00 bits per heavy atom. The van der Waals surface area contributed by atoms with Gasteiger partial charge in [-0.05, 0) is 56.3 Å². The van der Waals surface area contributed by atoms with E-state index in [9.17, 15) is 9.18 Å². The van der Waals surface area contributed by atoms with Crippen LogP contribution in [0, 0.1) is 19.7 Å². The van der Waals surface area contributed by atoms with E-state index in [1.807, 2.05) is 55.4 Å². The second-order valence-corrected chi connectivity index (χ2v) is 7.43. The summed E-state index contributed by atoms with van der Waals surface area (Å²) < 4.78 is 18.6. The highest BCUT2D eigenvalue weighted by Crippen LogP contribution is 2.31. The number of nitrogens with one attached hydrogen (secondary N) is 1. The van der Waals surface area contributed by atoms with Crippen LogP contribution < -0.4 is 5.32 Å². The normalized spacial score (nSPS) is 10.7. The summed E-state index contributed by atoms with van der Waals surface area (Å²) in [4.78, 5) is 19.5. The van der Waals surface area contributed by atoms with Crippen molar-refractivity contribution in [1.82, 2.24) is 33.9 Å². The Balaban J connectivity index is 0.000000318. The van der Waals surface area contributed by atoms with E-state index < -0.39 is 0 Å². The second-order valence-electron chi connectivity index (χ2n) is 7.43. The number of fused-ring (bicyclic) bond motifs is 1. The van der Waals surface area contributed by atoms with Crippen molar-refractivity contribution < 1.29 is 9.18 Å². The molecular formula is C23H23FN8O. The van der Waals surface area contributed by atoms with E-state index in [1.165, 1.54) is 17.8 Å². The lowest BCUT2D eigenvalue weighted by Crippen LogP contribution is -2.00. The average molecular weight is 446 g/mol. The lowest BCUT2D eigenvalue weighted by Gasteiger charge is -2.07. The smallest absolute Gasteiger partial charge is 0.212 e. The number of rotatable bonds is 4. The van der Waals surface area contributed by atoms with Crippen LogP contribution in [0.2, 0.25) is 0 Å². The SMILES string of the molecule is Cc1ccnn1C.Cc1nc(-c2ccc(F)cc2)c(-c2ccc3nc(NC=O)cn3n2)n1C. The molecule has 33 heavy (non-hydrogen) atoms. The van der Waals surface area contributed by atoms with Crippen LogP contribution in [0.1, 0.15) is 11.5 Å². The van der Waals surface area contributed by atoms with Crippen molar-refractivity contribution in [2.75, 3.05) is 5.32 Å². The Bertz CT molecular complexity index is 1400. The molecular weight excluding hydrogens is 423 g/mol. The summed E-state index contributed by atoms with van der Waals surface area (Å²) in [6, 6.07) is 11.8.